The Balaban J connectivity index is 1.93. The van der Waals surface area contributed by atoms with E-state index in [1.807, 2.05) is 4.90 Å². The number of ether oxygens (including phenoxy) is 1. The fourth-order valence-electron chi connectivity index (χ4n) is 2.62. The van der Waals surface area contributed by atoms with Gasteiger partial charge < -0.3 is 9.64 Å². The van der Waals surface area contributed by atoms with Crippen molar-refractivity contribution in [3.63, 3.8) is 0 Å². The van der Waals surface area contributed by atoms with Crippen molar-refractivity contribution >= 4 is 6.09 Å². The first-order valence-corrected chi connectivity index (χ1v) is 6.15. The van der Waals surface area contributed by atoms with Gasteiger partial charge in [-0.1, -0.05) is 25.7 Å². The van der Waals surface area contributed by atoms with Gasteiger partial charge in [0.1, 0.15) is 6.10 Å². The molecular formula is C12H18N2O2. The van der Waals surface area contributed by atoms with Gasteiger partial charge in [-0.3, -0.25) is 0 Å². The van der Waals surface area contributed by atoms with Gasteiger partial charge in [0.05, 0.1) is 19.0 Å². The summed E-state index contributed by atoms with van der Waals surface area (Å²) in [6, 6.07) is 2.41. The molecule has 2 aliphatic rings. The summed E-state index contributed by atoms with van der Waals surface area (Å²) in [5, 5.41) is 8.59. The van der Waals surface area contributed by atoms with E-state index in [0.717, 1.165) is 12.8 Å². The highest BCUT2D eigenvalue weighted by atomic mass is 16.6. The number of amides is 1. The molecule has 1 unspecified atom stereocenters. The normalized spacial score (nSPS) is 27.3. The molecule has 2 fully saturated rings. The first-order valence-electron chi connectivity index (χ1n) is 6.15. The van der Waals surface area contributed by atoms with Crippen molar-refractivity contribution in [3.8, 4) is 6.07 Å². The van der Waals surface area contributed by atoms with Crippen LogP contribution in [-0.4, -0.2) is 29.7 Å². The lowest BCUT2D eigenvalue weighted by Gasteiger charge is -2.24. The zero-order valence-electron chi connectivity index (χ0n) is 9.52. The molecule has 1 atom stereocenters. The third-order valence-corrected chi connectivity index (χ3v) is 3.49. The molecule has 0 radical (unpaired) electrons. The molecule has 88 valence electrons. The number of rotatable bonds is 2. The summed E-state index contributed by atoms with van der Waals surface area (Å²) in [5.74, 6) is 0. The van der Waals surface area contributed by atoms with E-state index in [9.17, 15) is 4.79 Å². The molecule has 0 bridgehead atoms. The summed E-state index contributed by atoms with van der Waals surface area (Å²) >= 11 is 0. The van der Waals surface area contributed by atoms with Gasteiger partial charge in [0.15, 0.2) is 0 Å². The summed E-state index contributed by atoms with van der Waals surface area (Å²) in [4.78, 5) is 13.5. The van der Waals surface area contributed by atoms with Gasteiger partial charge in [0.25, 0.3) is 0 Å². The fraction of sp³-hybridized carbons (Fsp3) is 0.833. The van der Waals surface area contributed by atoms with E-state index in [4.69, 9.17) is 10.00 Å². The summed E-state index contributed by atoms with van der Waals surface area (Å²) in [6.45, 7) is 0.608. The highest BCUT2D eigenvalue weighted by molar-refractivity contribution is 5.70. The second-order valence-electron chi connectivity index (χ2n) is 4.67. The predicted molar refractivity (Wildman–Crippen MR) is 58.7 cm³/mol. The van der Waals surface area contributed by atoms with E-state index in [1.54, 1.807) is 0 Å². The van der Waals surface area contributed by atoms with Gasteiger partial charge in [-0.05, 0) is 12.8 Å². The van der Waals surface area contributed by atoms with Crippen molar-refractivity contribution in [2.45, 2.75) is 57.1 Å². The molecule has 0 spiro atoms. The van der Waals surface area contributed by atoms with Gasteiger partial charge in [-0.15, -0.1) is 0 Å². The monoisotopic (exact) mass is 222 g/mol. The average molecular weight is 222 g/mol. The van der Waals surface area contributed by atoms with Gasteiger partial charge in [0.2, 0.25) is 0 Å². The van der Waals surface area contributed by atoms with E-state index in [0.29, 0.717) is 19.0 Å². The maximum atomic E-state index is 11.7. The highest BCUT2D eigenvalue weighted by Crippen LogP contribution is 2.26. The number of hydrogen-bond acceptors (Lipinski definition) is 3. The number of cyclic esters (lactones) is 1. The average Bonchev–Trinajstić information content (AvgIpc) is 2.52. The number of carbonyl (C=O) groups excluding carboxylic acids is 1. The van der Waals surface area contributed by atoms with Crippen LogP contribution >= 0.6 is 0 Å². The summed E-state index contributed by atoms with van der Waals surface area (Å²) in [5.41, 5.74) is 0. The smallest absolute Gasteiger partial charge is 0.410 e. The van der Waals surface area contributed by atoms with Crippen LogP contribution in [0.15, 0.2) is 0 Å². The molecule has 1 saturated heterocycles. The minimum Gasteiger partial charge on any atom is -0.443 e. The minimum absolute atomic E-state index is 0.208. The van der Waals surface area contributed by atoms with Crippen LogP contribution in [0.2, 0.25) is 0 Å². The molecule has 1 aliphatic heterocycles. The first-order chi connectivity index (χ1) is 7.81. The Morgan fingerprint density at radius 3 is 2.62 bits per heavy atom. The molecule has 1 saturated carbocycles. The van der Waals surface area contributed by atoms with Gasteiger partial charge in [0, 0.05) is 6.04 Å². The van der Waals surface area contributed by atoms with Crippen molar-refractivity contribution in [2.75, 3.05) is 6.54 Å². The number of hydrogen-bond donors (Lipinski definition) is 0. The molecular weight excluding hydrogens is 204 g/mol. The molecule has 16 heavy (non-hydrogen) atoms. The van der Waals surface area contributed by atoms with E-state index in [1.165, 1.54) is 25.7 Å². The van der Waals surface area contributed by atoms with E-state index < -0.39 is 0 Å². The second-order valence-corrected chi connectivity index (χ2v) is 4.67. The van der Waals surface area contributed by atoms with E-state index in [-0.39, 0.29) is 12.2 Å². The molecule has 1 heterocycles. The second kappa shape index (κ2) is 5.20. The van der Waals surface area contributed by atoms with Crippen molar-refractivity contribution in [1.29, 1.82) is 5.26 Å². The van der Waals surface area contributed by atoms with Gasteiger partial charge >= 0.3 is 6.09 Å². The maximum Gasteiger partial charge on any atom is 0.410 e. The zero-order chi connectivity index (χ0) is 11.4. The lowest BCUT2D eigenvalue weighted by molar-refractivity contribution is 0.127. The van der Waals surface area contributed by atoms with Crippen LogP contribution < -0.4 is 0 Å². The summed E-state index contributed by atoms with van der Waals surface area (Å²) < 4.78 is 5.17. The Labute approximate surface area is 96.2 Å². The van der Waals surface area contributed by atoms with Crippen LogP contribution in [0, 0.1) is 11.3 Å². The van der Waals surface area contributed by atoms with Gasteiger partial charge in [-0.25, -0.2) is 4.79 Å². The van der Waals surface area contributed by atoms with Crippen LogP contribution in [0.1, 0.15) is 44.9 Å². The Morgan fingerprint density at radius 2 is 2.00 bits per heavy atom. The number of carbonyl (C=O) groups is 1. The topological polar surface area (TPSA) is 53.3 Å². The fourth-order valence-corrected chi connectivity index (χ4v) is 2.62. The molecule has 0 aromatic heterocycles. The molecule has 1 aliphatic carbocycles. The molecule has 0 N–H and O–H groups in total. The third-order valence-electron chi connectivity index (χ3n) is 3.49. The van der Waals surface area contributed by atoms with Crippen molar-refractivity contribution in [3.05, 3.63) is 0 Å². The Kier molecular flexibility index (Phi) is 3.66. The van der Waals surface area contributed by atoms with Gasteiger partial charge in [-0.2, -0.15) is 5.26 Å². The van der Waals surface area contributed by atoms with Crippen LogP contribution in [0.5, 0.6) is 0 Å². The van der Waals surface area contributed by atoms with Crippen LogP contribution in [-0.2, 0) is 4.74 Å². The Bertz CT molecular complexity index is 290. The molecule has 1 amide bonds. The Hall–Kier alpha value is -1.24. The third kappa shape index (κ3) is 2.46. The molecule has 0 aromatic rings. The van der Waals surface area contributed by atoms with Crippen LogP contribution in [0.25, 0.3) is 0 Å². The lowest BCUT2D eigenvalue weighted by Crippen LogP contribution is -2.36. The van der Waals surface area contributed by atoms with E-state index in [2.05, 4.69) is 6.07 Å². The molecule has 2 rings (SSSR count). The largest absolute Gasteiger partial charge is 0.443 e. The molecule has 4 nitrogen and oxygen atoms in total. The predicted octanol–water partition coefficient (Wildman–Crippen LogP) is 2.44. The maximum absolute atomic E-state index is 11.7. The van der Waals surface area contributed by atoms with Crippen molar-refractivity contribution in [1.82, 2.24) is 4.90 Å². The molecule has 4 heteroatoms. The number of nitriles is 1. The number of nitrogens with zero attached hydrogens (tertiary/aromatic N) is 2. The van der Waals surface area contributed by atoms with Crippen LogP contribution in [0.4, 0.5) is 4.79 Å². The summed E-state index contributed by atoms with van der Waals surface area (Å²) in [7, 11) is 0. The minimum atomic E-state index is -0.216. The highest BCUT2D eigenvalue weighted by Gasteiger charge is 2.35. The van der Waals surface area contributed by atoms with E-state index >= 15 is 0 Å². The standard InChI is InChI=1S/C12H18N2O2/c13-8-7-11-9-14(12(15)16-11)10-5-3-1-2-4-6-10/h10-11H,1-7,9H2. The zero-order valence-corrected chi connectivity index (χ0v) is 9.52. The quantitative estimate of drug-likeness (QED) is 0.674. The summed E-state index contributed by atoms with van der Waals surface area (Å²) in [6.07, 6.45) is 7.04. The lowest BCUT2D eigenvalue weighted by atomic mass is 10.1. The first kappa shape index (κ1) is 11.3. The van der Waals surface area contributed by atoms with Crippen molar-refractivity contribution in [2.24, 2.45) is 0 Å². The SMILES string of the molecule is N#CCC1CN(C2CCCCCC2)C(=O)O1. The molecule has 0 aromatic carbocycles. The Morgan fingerprint density at radius 1 is 1.31 bits per heavy atom. The van der Waals surface area contributed by atoms with Crippen molar-refractivity contribution < 1.29 is 9.53 Å². The van der Waals surface area contributed by atoms with Crippen LogP contribution in [0.3, 0.4) is 0 Å².